The molecule has 0 saturated carbocycles. The van der Waals surface area contributed by atoms with Gasteiger partial charge >= 0.3 is 11.9 Å². The second-order valence-electron chi connectivity index (χ2n) is 5.34. The molecule has 0 saturated heterocycles. The second kappa shape index (κ2) is 17.9. The first kappa shape index (κ1) is 23.1. The Hall–Kier alpha value is -1.14. The number of carboxylic acids is 2. The van der Waals surface area contributed by atoms with Gasteiger partial charge in [0.2, 0.25) is 0 Å². The van der Waals surface area contributed by atoms with Gasteiger partial charge in [-0.1, -0.05) is 51.9 Å². The highest BCUT2D eigenvalue weighted by molar-refractivity contribution is 5.71. The number of aliphatic hydroxyl groups is 2. The van der Waals surface area contributed by atoms with Crippen LogP contribution in [0.5, 0.6) is 0 Å². The first-order valence-corrected chi connectivity index (χ1v) is 8.19. The lowest BCUT2D eigenvalue weighted by Gasteiger charge is -2.01. The minimum atomic E-state index is -1.16. The Bertz CT molecular complexity index is 267. The molecule has 1 atom stereocenters. The van der Waals surface area contributed by atoms with Crippen LogP contribution in [0.25, 0.3) is 0 Å². The van der Waals surface area contributed by atoms with Gasteiger partial charge in [-0.05, 0) is 19.3 Å². The minimum Gasteiger partial charge on any atom is -0.481 e. The molecule has 0 aliphatic heterocycles. The number of aliphatic carboxylic acids is 2. The van der Waals surface area contributed by atoms with Crippen LogP contribution in [0.15, 0.2) is 0 Å². The molecule has 132 valence electrons. The van der Waals surface area contributed by atoms with Crippen molar-refractivity contribution in [2.75, 3.05) is 6.61 Å². The van der Waals surface area contributed by atoms with Gasteiger partial charge in [0.1, 0.15) is 0 Å². The van der Waals surface area contributed by atoms with Gasteiger partial charge in [-0.2, -0.15) is 0 Å². The highest BCUT2D eigenvalue weighted by Crippen LogP contribution is 2.08. The lowest BCUT2D eigenvalue weighted by Crippen LogP contribution is -2.18. The highest BCUT2D eigenvalue weighted by atomic mass is 16.4. The quantitative estimate of drug-likeness (QED) is 0.388. The summed E-state index contributed by atoms with van der Waals surface area (Å²) in [5, 5.41) is 33.7. The summed E-state index contributed by atoms with van der Waals surface area (Å²) in [6.07, 6.45) is 8.46. The van der Waals surface area contributed by atoms with Gasteiger partial charge in [0.15, 0.2) is 6.10 Å². The molecule has 1 unspecified atom stereocenters. The molecule has 0 aromatic carbocycles. The molecule has 0 aliphatic carbocycles. The van der Waals surface area contributed by atoms with Crippen LogP contribution in [0.2, 0.25) is 0 Å². The maximum atomic E-state index is 10.1. The average molecular weight is 320 g/mol. The number of hydrogen-bond donors (Lipinski definition) is 4. The Morgan fingerprint density at radius 2 is 1.36 bits per heavy atom. The summed E-state index contributed by atoms with van der Waals surface area (Å²) in [7, 11) is 0. The monoisotopic (exact) mass is 320 g/mol. The van der Waals surface area contributed by atoms with E-state index in [-0.39, 0.29) is 0 Å². The molecule has 0 fully saturated rings. The van der Waals surface area contributed by atoms with E-state index in [1.807, 2.05) is 6.92 Å². The third-order valence-electron chi connectivity index (χ3n) is 3.16. The zero-order valence-electron chi connectivity index (χ0n) is 13.7. The fourth-order valence-electron chi connectivity index (χ4n) is 1.79. The summed E-state index contributed by atoms with van der Waals surface area (Å²) in [6.45, 7) is 2.24. The van der Waals surface area contributed by atoms with Crippen molar-refractivity contribution in [1.29, 1.82) is 0 Å². The van der Waals surface area contributed by atoms with Gasteiger partial charge in [-0.3, -0.25) is 4.79 Å². The van der Waals surface area contributed by atoms with Crippen molar-refractivity contribution in [3.8, 4) is 0 Å². The van der Waals surface area contributed by atoms with Gasteiger partial charge in [0.05, 0.1) is 0 Å². The van der Waals surface area contributed by atoms with Gasteiger partial charge in [-0.25, -0.2) is 4.79 Å². The predicted octanol–water partition coefficient (Wildman–Crippen LogP) is 2.81. The first-order chi connectivity index (χ1) is 10.5. The average Bonchev–Trinajstić information content (AvgIpc) is 2.47. The minimum absolute atomic E-state index is 0.291. The van der Waals surface area contributed by atoms with E-state index in [1.54, 1.807) is 0 Å². The Kier molecular flexibility index (Phi) is 18.8. The summed E-state index contributed by atoms with van der Waals surface area (Å²) in [4.78, 5) is 20.1. The summed E-state index contributed by atoms with van der Waals surface area (Å²) in [5.41, 5.74) is 0. The number of carbonyl (C=O) groups is 2. The fraction of sp³-hybridized carbons (Fsp3) is 0.875. The van der Waals surface area contributed by atoms with E-state index < -0.39 is 18.0 Å². The molecule has 22 heavy (non-hydrogen) atoms. The van der Waals surface area contributed by atoms with Crippen LogP contribution in [-0.4, -0.2) is 45.1 Å². The standard InChI is InChI=1S/C10H20O3.C6H12O3/c11-9-7-5-3-1-2-4-6-8-10(12)13;1-2-3-4-5(7)6(8)9/h11H,1-9H2,(H,12,13);5,7H,2-4H2,1H3,(H,8,9). The normalized spacial score (nSPS) is 11.4. The van der Waals surface area contributed by atoms with Crippen molar-refractivity contribution in [3.05, 3.63) is 0 Å². The number of aliphatic hydroxyl groups excluding tert-OH is 2. The maximum absolute atomic E-state index is 10.1. The Balaban J connectivity index is 0. The molecule has 6 nitrogen and oxygen atoms in total. The van der Waals surface area contributed by atoms with Crippen LogP contribution in [0.1, 0.15) is 77.6 Å². The van der Waals surface area contributed by atoms with E-state index >= 15 is 0 Å². The summed E-state index contributed by atoms with van der Waals surface area (Å²) in [5.74, 6) is -1.82. The van der Waals surface area contributed by atoms with Crippen molar-refractivity contribution in [1.82, 2.24) is 0 Å². The number of rotatable bonds is 13. The number of unbranched alkanes of at least 4 members (excludes halogenated alkanes) is 7. The van der Waals surface area contributed by atoms with E-state index in [4.69, 9.17) is 20.4 Å². The summed E-state index contributed by atoms with van der Waals surface area (Å²) >= 11 is 0. The van der Waals surface area contributed by atoms with Crippen molar-refractivity contribution in [2.24, 2.45) is 0 Å². The van der Waals surface area contributed by atoms with Crippen LogP contribution in [-0.2, 0) is 9.59 Å². The van der Waals surface area contributed by atoms with Crippen LogP contribution in [0.3, 0.4) is 0 Å². The molecule has 0 rings (SSSR count). The maximum Gasteiger partial charge on any atom is 0.332 e. The number of hydrogen-bond acceptors (Lipinski definition) is 4. The van der Waals surface area contributed by atoms with Crippen LogP contribution in [0.4, 0.5) is 0 Å². The van der Waals surface area contributed by atoms with E-state index in [1.165, 1.54) is 6.42 Å². The van der Waals surface area contributed by atoms with Gasteiger partial charge in [-0.15, -0.1) is 0 Å². The molecule has 0 aliphatic rings. The second-order valence-corrected chi connectivity index (χ2v) is 5.34. The molecule has 0 amide bonds. The topological polar surface area (TPSA) is 115 Å². The molecule has 0 spiro atoms. The summed E-state index contributed by atoms with van der Waals surface area (Å²) in [6, 6.07) is 0. The van der Waals surface area contributed by atoms with E-state index in [0.717, 1.165) is 51.4 Å². The lowest BCUT2D eigenvalue weighted by atomic mass is 10.1. The summed E-state index contributed by atoms with van der Waals surface area (Å²) < 4.78 is 0. The Labute approximate surface area is 133 Å². The zero-order chi connectivity index (χ0) is 17.2. The van der Waals surface area contributed by atoms with Crippen molar-refractivity contribution in [2.45, 2.75) is 83.7 Å². The van der Waals surface area contributed by atoms with Gasteiger partial charge in [0.25, 0.3) is 0 Å². The van der Waals surface area contributed by atoms with Crippen molar-refractivity contribution < 1.29 is 30.0 Å². The van der Waals surface area contributed by atoms with E-state index in [0.29, 0.717) is 19.4 Å². The van der Waals surface area contributed by atoms with Crippen LogP contribution < -0.4 is 0 Å². The zero-order valence-corrected chi connectivity index (χ0v) is 13.7. The molecule has 0 bridgehead atoms. The molecule has 0 aromatic heterocycles. The largest absolute Gasteiger partial charge is 0.481 e. The molecule has 0 aromatic rings. The molecule has 4 N–H and O–H groups in total. The van der Waals surface area contributed by atoms with E-state index in [2.05, 4.69) is 0 Å². The lowest BCUT2D eigenvalue weighted by molar-refractivity contribution is -0.147. The molecular weight excluding hydrogens is 288 g/mol. The first-order valence-electron chi connectivity index (χ1n) is 8.19. The van der Waals surface area contributed by atoms with Crippen LogP contribution >= 0.6 is 0 Å². The smallest absolute Gasteiger partial charge is 0.332 e. The SMILES string of the molecule is CCCCC(O)C(=O)O.O=C(O)CCCCCCCCCO. The van der Waals surface area contributed by atoms with Crippen molar-refractivity contribution in [3.63, 3.8) is 0 Å². The molecule has 0 radical (unpaired) electrons. The Morgan fingerprint density at radius 3 is 1.77 bits per heavy atom. The third kappa shape index (κ3) is 21.2. The van der Waals surface area contributed by atoms with Crippen molar-refractivity contribution >= 4 is 11.9 Å². The third-order valence-corrected chi connectivity index (χ3v) is 3.16. The highest BCUT2D eigenvalue weighted by Gasteiger charge is 2.10. The van der Waals surface area contributed by atoms with Crippen LogP contribution in [0, 0.1) is 0 Å². The molecule has 6 heteroatoms. The Morgan fingerprint density at radius 1 is 0.864 bits per heavy atom. The van der Waals surface area contributed by atoms with Gasteiger partial charge < -0.3 is 20.4 Å². The fourth-order valence-corrected chi connectivity index (χ4v) is 1.79. The molecular formula is C16H32O6. The van der Waals surface area contributed by atoms with E-state index in [9.17, 15) is 9.59 Å². The predicted molar refractivity (Wildman–Crippen MR) is 84.8 cm³/mol. The number of carboxylic acid groups (broad SMARTS) is 2. The molecule has 0 heterocycles. The van der Waals surface area contributed by atoms with Gasteiger partial charge in [0, 0.05) is 13.0 Å².